The van der Waals surface area contributed by atoms with Gasteiger partial charge in [-0.15, -0.1) is 0 Å². The van der Waals surface area contributed by atoms with Gasteiger partial charge in [0.05, 0.1) is 18.3 Å². The van der Waals surface area contributed by atoms with Crippen molar-refractivity contribution in [1.82, 2.24) is 9.38 Å². The van der Waals surface area contributed by atoms with Gasteiger partial charge in [0.2, 0.25) is 0 Å². The minimum Gasteiger partial charge on any atom is -0.497 e. The lowest BCUT2D eigenvalue weighted by Crippen LogP contribution is -1.91. The molecule has 0 bridgehead atoms. The van der Waals surface area contributed by atoms with E-state index in [4.69, 9.17) is 9.72 Å². The van der Waals surface area contributed by atoms with Gasteiger partial charge in [-0.1, -0.05) is 42.5 Å². The number of fused-ring (bicyclic) bond motifs is 6. The summed E-state index contributed by atoms with van der Waals surface area (Å²) in [6.45, 7) is 2.12. The Bertz CT molecular complexity index is 1280. The number of hydrogen-bond acceptors (Lipinski definition) is 2. The molecule has 5 rings (SSSR count). The molecule has 2 aromatic heterocycles. The molecule has 0 fully saturated rings. The molecule has 0 unspecified atom stereocenters. The second kappa shape index (κ2) is 5.60. The highest BCUT2D eigenvalue weighted by Gasteiger charge is 2.14. The number of pyridine rings is 1. The Balaban J connectivity index is 1.96. The van der Waals surface area contributed by atoms with Crippen molar-refractivity contribution in [3.8, 4) is 17.0 Å². The molecule has 3 nitrogen and oxygen atoms in total. The first kappa shape index (κ1) is 15.0. The van der Waals surface area contributed by atoms with Crippen LogP contribution in [0.4, 0.5) is 0 Å². The maximum absolute atomic E-state index is 5.46. The molecule has 26 heavy (non-hydrogen) atoms. The van der Waals surface area contributed by atoms with E-state index in [2.05, 4.69) is 78.2 Å². The van der Waals surface area contributed by atoms with Crippen LogP contribution in [0.1, 0.15) is 5.56 Å². The molecule has 3 aromatic carbocycles. The summed E-state index contributed by atoms with van der Waals surface area (Å²) in [6, 6.07) is 23.0. The summed E-state index contributed by atoms with van der Waals surface area (Å²) in [7, 11) is 1.70. The summed E-state index contributed by atoms with van der Waals surface area (Å²) in [6.07, 6.45) is 2.14. The number of hydrogen-bond donors (Lipinski definition) is 0. The van der Waals surface area contributed by atoms with Crippen LogP contribution >= 0.6 is 0 Å². The third-order valence-electron chi connectivity index (χ3n) is 5.05. The fourth-order valence-electron chi connectivity index (χ4n) is 3.73. The Labute approximate surface area is 151 Å². The van der Waals surface area contributed by atoms with Gasteiger partial charge < -0.3 is 4.74 Å². The van der Waals surface area contributed by atoms with E-state index in [9.17, 15) is 0 Å². The standard InChI is InChI=1S/C23H18N2O/c1-15-7-3-4-8-17(15)21-14-25-22-10-6-5-9-19(22)18-12-11-16(26-2)13-20(18)23(25)24-21/h3-14H,1-2H3. The average Bonchev–Trinajstić information content (AvgIpc) is 3.13. The molecule has 0 radical (unpaired) electrons. The maximum Gasteiger partial charge on any atom is 0.146 e. The van der Waals surface area contributed by atoms with Gasteiger partial charge in [-0.05, 0) is 42.1 Å². The zero-order valence-electron chi connectivity index (χ0n) is 14.7. The van der Waals surface area contributed by atoms with Crippen LogP contribution in [0.3, 0.4) is 0 Å². The van der Waals surface area contributed by atoms with E-state index in [0.717, 1.165) is 33.6 Å². The first-order valence-corrected chi connectivity index (χ1v) is 8.70. The Hall–Kier alpha value is -3.33. The molecular weight excluding hydrogens is 320 g/mol. The third-order valence-corrected chi connectivity index (χ3v) is 5.05. The van der Waals surface area contributed by atoms with Crippen LogP contribution in [-0.4, -0.2) is 16.5 Å². The normalized spacial score (nSPS) is 11.5. The number of aryl methyl sites for hydroxylation is 1. The number of methoxy groups -OCH3 is 1. The SMILES string of the molecule is COc1ccc2c3ccccc3n3cc(-c4ccccc4C)nc3c2c1. The van der Waals surface area contributed by atoms with Gasteiger partial charge in [-0.2, -0.15) is 0 Å². The number of ether oxygens (including phenoxy) is 1. The van der Waals surface area contributed by atoms with Crippen molar-refractivity contribution in [2.45, 2.75) is 6.92 Å². The molecule has 0 atom stereocenters. The van der Waals surface area contributed by atoms with Crippen molar-refractivity contribution in [3.05, 3.63) is 78.5 Å². The number of nitrogens with zero attached hydrogens (tertiary/aromatic N) is 2. The number of aromatic nitrogens is 2. The molecule has 5 aromatic rings. The summed E-state index contributed by atoms with van der Waals surface area (Å²) in [5.41, 5.74) is 5.49. The van der Waals surface area contributed by atoms with Crippen molar-refractivity contribution < 1.29 is 4.74 Å². The summed E-state index contributed by atoms with van der Waals surface area (Å²) < 4.78 is 7.65. The van der Waals surface area contributed by atoms with Crippen molar-refractivity contribution in [2.75, 3.05) is 7.11 Å². The molecule has 0 spiro atoms. The first-order chi connectivity index (χ1) is 12.8. The monoisotopic (exact) mass is 338 g/mol. The Morgan fingerprint density at radius 3 is 2.50 bits per heavy atom. The average molecular weight is 338 g/mol. The van der Waals surface area contributed by atoms with E-state index < -0.39 is 0 Å². The van der Waals surface area contributed by atoms with Gasteiger partial charge >= 0.3 is 0 Å². The fourth-order valence-corrected chi connectivity index (χ4v) is 3.73. The molecule has 0 saturated carbocycles. The van der Waals surface area contributed by atoms with Crippen molar-refractivity contribution in [2.24, 2.45) is 0 Å². The van der Waals surface area contributed by atoms with Gasteiger partial charge in [-0.3, -0.25) is 4.40 Å². The first-order valence-electron chi connectivity index (χ1n) is 8.70. The second-order valence-electron chi connectivity index (χ2n) is 6.56. The van der Waals surface area contributed by atoms with Gasteiger partial charge in [-0.25, -0.2) is 4.98 Å². The summed E-state index contributed by atoms with van der Waals surface area (Å²) in [5, 5.41) is 3.50. The zero-order chi connectivity index (χ0) is 17.7. The van der Waals surface area contributed by atoms with Crippen LogP contribution in [0, 0.1) is 6.92 Å². The van der Waals surface area contributed by atoms with Crippen LogP contribution in [-0.2, 0) is 0 Å². The van der Waals surface area contributed by atoms with E-state index in [1.807, 2.05) is 6.07 Å². The minimum atomic E-state index is 0.843. The Kier molecular flexibility index (Phi) is 3.22. The Morgan fingerprint density at radius 1 is 0.846 bits per heavy atom. The molecule has 0 saturated heterocycles. The van der Waals surface area contributed by atoms with Crippen LogP contribution in [0.25, 0.3) is 38.6 Å². The fraction of sp³-hybridized carbons (Fsp3) is 0.0870. The highest BCUT2D eigenvalue weighted by atomic mass is 16.5. The molecule has 0 amide bonds. The summed E-state index contributed by atoms with van der Waals surface area (Å²) in [5.74, 6) is 0.843. The van der Waals surface area contributed by atoms with Crippen molar-refractivity contribution in [1.29, 1.82) is 0 Å². The molecule has 0 aliphatic heterocycles. The van der Waals surface area contributed by atoms with Gasteiger partial charge in [0, 0.05) is 22.5 Å². The zero-order valence-corrected chi connectivity index (χ0v) is 14.7. The molecule has 0 N–H and O–H groups in total. The Morgan fingerprint density at radius 2 is 1.65 bits per heavy atom. The largest absolute Gasteiger partial charge is 0.497 e. The van der Waals surface area contributed by atoms with E-state index in [1.165, 1.54) is 16.3 Å². The van der Waals surface area contributed by atoms with Gasteiger partial charge in [0.1, 0.15) is 11.4 Å². The number of para-hydroxylation sites is 1. The lowest BCUT2D eigenvalue weighted by molar-refractivity contribution is 0.415. The summed E-state index contributed by atoms with van der Waals surface area (Å²) >= 11 is 0. The van der Waals surface area contributed by atoms with E-state index in [1.54, 1.807) is 7.11 Å². The van der Waals surface area contributed by atoms with Gasteiger partial charge in [0.15, 0.2) is 0 Å². The van der Waals surface area contributed by atoms with Crippen molar-refractivity contribution >= 4 is 27.3 Å². The van der Waals surface area contributed by atoms with E-state index >= 15 is 0 Å². The quantitative estimate of drug-likeness (QED) is 0.390. The van der Waals surface area contributed by atoms with Crippen LogP contribution in [0.15, 0.2) is 72.9 Å². The minimum absolute atomic E-state index is 0.843. The molecule has 126 valence electrons. The summed E-state index contributed by atoms with van der Waals surface area (Å²) in [4.78, 5) is 5.00. The van der Waals surface area contributed by atoms with E-state index in [-0.39, 0.29) is 0 Å². The topological polar surface area (TPSA) is 26.5 Å². The predicted octanol–water partition coefficient (Wildman–Crippen LogP) is 5.62. The lowest BCUT2D eigenvalue weighted by atomic mass is 10.1. The van der Waals surface area contributed by atoms with Gasteiger partial charge in [0.25, 0.3) is 0 Å². The van der Waals surface area contributed by atoms with E-state index in [0.29, 0.717) is 0 Å². The highest BCUT2D eigenvalue weighted by Crippen LogP contribution is 2.33. The number of imidazole rings is 1. The predicted molar refractivity (Wildman–Crippen MR) is 107 cm³/mol. The molecule has 3 heteroatoms. The molecular formula is C23H18N2O. The van der Waals surface area contributed by atoms with Crippen LogP contribution in [0.5, 0.6) is 5.75 Å². The van der Waals surface area contributed by atoms with Crippen molar-refractivity contribution in [3.63, 3.8) is 0 Å². The second-order valence-corrected chi connectivity index (χ2v) is 6.56. The number of rotatable bonds is 2. The number of benzene rings is 3. The van der Waals surface area contributed by atoms with Crippen LogP contribution < -0.4 is 4.74 Å². The smallest absolute Gasteiger partial charge is 0.146 e. The maximum atomic E-state index is 5.46. The van der Waals surface area contributed by atoms with Crippen LogP contribution in [0.2, 0.25) is 0 Å². The third kappa shape index (κ3) is 2.10. The molecule has 2 heterocycles. The highest BCUT2D eigenvalue weighted by molar-refractivity contribution is 6.12. The lowest BCUT2D eigenvalue weighted by Gasteiger charge is -2.09. The molecule has 0 aliphatic rings. The molecule has 0 aliphatic carbocycles.